The van der Waals surface area contributed by atoms with Gasteiger partial charge in [-0.2, -0.15) is 0 Å². The molecule has 2 aromatic rings. The van der Waals surface area contributed by atoms with Crippen molar-refractivity contribution >= 4 is 15.5 Å². The summed E-state index contributed by atoms with van der Waals surface area (Å²) in [7, 11) is -2.17. The van der Waals surface area contributed by atoms with Crippen LogP contribution in [0.3, 0.4) is 0 Å². The third-order valence-corrected chi connectivity index (χ3v) is 4.32. The van der Waals surface area contributed by atoms with Crippen LogP contribution in [-0.2, 0) is 9.84 Å². The van der Waals surface area contributed by atoms with E-state index in [-0.39, 0.29) is 9.79 Å². The van der Waals surface area contributed by atoms with Gasteiger partial charge in [0.05, 0.1) is 12.0 Å². The van der Waals surface area contributed by atoms with E-state index >= 15 is 0 Å². The first-order valence-corrected chi connectivity index (χ1v) is 6.77. The maximum absolute atomic E-state index is 12.4. The van der Waals surface area contributed by atoms with Crippen molar-refractivity contribution < 1.29 is 13.2 Å². The highest BCUT2D eigenvalue weighted by atomic mass is 32.2. The molecule has 0 aliphatic heterocycles. The number of hydrogen-bond donors (Lipinski definition) is 1. The molecular formula is C13H13NO3S. The Morgan fingerprint density at radius 2 is 1.78 bits per heavy atom. The summed E-state index contributed by atoms with van der Waals surface area (Å²) in [6, 6.07) is 12.7. The first-order valence-electron chi connectivity index (χ1n) is 5.29. The largest absolute Gasteiger partial charge is 0.495 e. The Labute approximate surface area is 106 Å². The van der Waals surface area contributed by atoms with E-state index in [2.05, 4.69) is 0 Å². The second-order valence-electron chi connectivity index (χ2n) is 3.73. The highest BCUT2D eigenvalue weighted by Crippen LogP contribution is 2.29. The molecule has 0 spiro atoms. The van der Waals surface area contributed by atoms with Crippen molar-refractivity contribution in [1.29, 1.82) is 0 Å². The van der Waals surface area contributed by atoms with Crippen LogP contribution in [0.25, 0.3) is 0 Å². The predicted octanol–water partition coefficient (Wildman–Crippen LogP) is 2.11. The van der Waals surface area contributed by atoms with E-state index in [1.165, 1.54) is 25.3 Å². The lowest BCUT2D eigenvalue weighted by atomic mass is 10.3. The highest BCUT2D eigenvalue weighted by Gasteiger charge is 2.21. The Morgan fingerprint density at radius 3 is 2.44 bits per heavy atom. The van der Waals surface area contributed by atoms with Crippen molar-refractivity contribution in [3.8, 4) is 5.75 Å². The summed E-state index contributed by atoms with van der Waals surface area (Å²) < 4.78 is 29.9. The van der Waals surface area contributed by atoms with Crippen LogP contribution in [0.2, 0.25) is 0 Å². The molecule has 94 valence electrons. The lowest BCUT2D eigenvalue weighted by Crippen LogP contribution is -2.04. The van der Waals surface area contributed by atoms with Gasteiger partial charge in [-0.3, -0.25) is 0 Å². The first kappa shape index (κ1) is 12.4. The number of ether oxygens (including phenoxy) is 1. The van der Waals surface area contributed by atoms with Crippen LogP contribution in [0.15, 0.2) is 58.3 Å². The molecule has 2 aromatic carbocycles. The van der Waals surface area contributed by atoms with Gasteiger partial charge in [-0.25, -0.2) is 8.42 Å². The molecule has 0 fully saturated rings. The molecule has 2 N–H and O–H groups in total. The number of para-hydroxylation sites is 1. The summed E-state index contributed by atoms with van der Waals surface area (Å²) in [6.45, 7) is 0. The molecule has 0 saturated carbocycles. The Kier molecular flexibility index (Phi) is 3.25. The van der Waals surface area contributed by atoms with Gasteiger partial charge < -0.3 is 10.5 Å². The fourth-order valence-corrected chi connectivity index (χ4v) is 3.13. The van der Waals surface area contributed by atoms with Crippen molar-refractivity contribution in [3.05, 3.63) is 48.5 Å². The van der Waals surface area contributed by atoms with Gasteiger partial charge in [0.15, 0.2) is 0 Å². The molecule has 0 heterocycles. The average molecular weight is 263 g/mol. The Morgan fingerprint density at radius 1 is 1.06 bits per heavy atom. The van der Waals surface area contributed by atoms with Crippen molar-refractivity contribution in [2.24, 2.45) is 0 Å². The van der Waals surface area contributed by atoms with Gasteiger partial charge in [0.2, 0.25) is 9.84 Å². The molecule has 2 rings (SSSR count). The molecule has 0 saturated heterocycles. The van der Waals surface area contributed by atoms with Gasteiger partial charge in [-0.1, -0.05) is 18.2 Å². The van der Waals surface area contributed by atoms with E-state index in [4.69, 9.17) is 10.5 Å². The van der Waals surface area contributed by atoms with E-state index in [9.17, 15) is 8.42 Å². The molecule has 0 aromatic heterocycles. The van der Waals surface area contributed by atoms with Crippen LogP contribution in [0.4, 0.5) is 5.69 Å². The van der Waals surface area contributed by atoms with Gasteiger partial charge in [-0.15, -0.1) is 0 Å². The Balaban J connectivity index is 2.62. The molecule has 0 aliphatic rings. The number of nitrogens with two attached hydrogens (primary N) is 1. The second-order valence-corrected chi connectivity index (χ2v) is 5.64. The van der Waals surface area contributed by atoms with Gasteiger partial charge in [0.1, 0.15) is 10.6 Å². The van der Waals surface area contributed by atoms with Gasteiger partial charge >= 0.3 is 0 Å². The molecule has 0 radical (unpaired) electrons. The lowest BCUT2D eigenvalue weighted by molar-refractivity contribution is 0.402. The molecule has 0 aliphatic carbocycles. The minimum Gasteiger partial charge on any atom is -0.495 e. The smallest absolute Gasteiger partial charge is 0.210 e. The molecule has 18 heavy (non-hydrogen) atoms. The fraction of sp³-hybridized carbons (Fsp3) is 0.0769. The van der Waals surface area contributed by atoms with E-state index in [0.29, 0.717) is 11.4 Å². The van der Waals surface area contributed by atoms with E-state index in [0.717, 1.165) is 0 Å². The molecule has 5 heteroatoms. The standard InChI is InChI=1S/C13H13NO3S/c1-17-12-7-2-3-8-13(12)18(15,16)11-6-4-5-10(14)9-11/h2-9H,14H2,1H3. The summed E-state index contributed by atoms with van der Waals surface area (Å²) in [4.78, 5) is 0.296. The fourth-order valence-electron chi connectivity index (χ4n) is 1.65. The van der Waals surface area contributed by atoms with Crippen LogP contribution in [0, 0.1) is 0 Å². The summed E-state index contributed by atoms with van der Waals surface area (Å²) >= 11 is 0. The zero-order valence-corrected chi connectivity index (χ0v) is 10.6. The van der Waals surface area contributed by atoms with Crippen LogP contribution >= 0.6 is 0 Å². The van der Waals surface area contributed by atoms with E-state index in [1.807, 2.05) is 0 Å². The third-order valence-electron chi connectivity index (χ3n) is 2.53. The average Bonchev–Trinajstić information content (AvgIpc) is 2.38. The first-order chi connectivity index (χ1) is 8.55. The third kappa shape index (κ3) is 2.17. The van der Waals surface area contributed by atoms with Gasteiger partial charge in [0.25, 0.3) is 0 Å². The number of rotatable bonds is 3. The minimum absolute atomic E-state index is 0.137. The lowest BCUT2D eigenvalue weighted by Gasteiger charge is -2.09. The molecule has 0 atom stereocenters. The molecule has 0 bridgehead atoms. The quantitative estimate of drug-likeness (QED) is 0.861. The number of methoxy groups -OCH3 is 1. The Bertz CT molecular complexity index is 665. The van der Waals surface area contributed by atoms with Crippen LogP contribution in [0.1, 0.15) is 0 Å². The minimum atomic E-state index is -3.61. The number of sulfone groups is 1. The topological polar surface area (TPSA) is 69.4 Å². The number of nitrogen functional groups attached to an aromatic ring is 1. The zero-order valence-electron chi connectivity index (χ0n) is 9.83. The van der Waals surface area contributed by atoms with Gasteiger partial charge in [-0.05, 0) is 30.3 Å². The maximum Gasteiger partial charge on any atom is 0.210 e. The highest BCUT2D eigenvalue weighted by molar-refractivity contribution is 7.91. The number of hydrogen-bond acceptors (Lipinski definition) is 4. The molecule has 0 unspecified atom stereocenters. The summed E-state index contributed by atoms with van der Waals surface area (Å²) in [5.41, 5.74) is 6.02. The maximum atomic E-state index is 12.4. The molecule has 0 amide bonds. The monoisotopic (exact) mass is 263 g/mol. The SMILES string of the molecule is COc1ccccc1S(=O)(=O)c1cccc(N)c1. The van der Waals surface area contributed by atoms with Crippen molar-refractivity contribution in [1.82, 2.24) is 0 Å². The van der Waals surface area contributed by atoms with Crippen molar-refractivity contribution in [2.75, 3.05) is 12.8 Å². The zero-order chi connectivity index (χ0) is 13.2. The van der Waals surface area contributed by atoms with Crippen LogP contribution in [-0.4, -0.2) is 15.5 Å². The molecule has 4 nitrogen and oxygen atoms in total. The number of anilines is 1. The summed E-state index contributed by atoms with van der Waals surface area (Å²) in [6.07, 6.45) is 0. The summed E-state index contributed by atoms with van der Waals surface area (Å²) in [5.74, 6) is 0.319. The molecular weight excluding hydrogens is 250 g/mol. The van der Waals surface area contributed by atoms with Crippen LogP contribution < -0.4 is 10.5 Å². The van der Waals surface area contributed by atoms with E-state index in [1.54, 1.807) is 30.3 Å². The predicted molar refractivity (Wildman–Crippen MR) is 69.3 cm³/mol. The second kappa shape index (κ2) is 4.70. The van der Waals surface area contributed by atoms with Crippen molar-refractivity contribution in [2.45, 2.75) is 9.79 Å². The van der Waals surface area contributed by atoms with Crippen LogP contribution in [0.5, 0.6) is 5.75 Å². The van der Waals surface area contributed by atoms with E-state index < -0.39 is 9.84 Å². The normalized spacial score (nSPS) is 11.2. The number of benzene rings is 2. The van der Waals surface area contributed by atoms with Crippen molar-refractivity contribution in [3.63, 3.8) is 0 Å². The summed E-state index contributed by atoms with van der Waals surface area (Å²) in [5, 5.41) is 0. The Hall–Kier alpha value is -2.01. The van der Waals surface area contributed by atoms with Gasteiger partial charge in [0, 0.05) is 5.69 Å².